The third-order valence-corrected chi connectivity index (χ3v) is 2.90. The first-order chi connectivity index (χ1) is 9.19. The minimum absolute atomic E-state index is 0.0730. The summed E-state index contributed by atoms with van der Waals surface area (Å²) in [6.45, 7) is 0. The Morgan fingerprint density at radius 2 is 1.68 bits per heavy atom. The van der Waals surface area contributed by atoms with Crippen LogP contribution in [0.5, 0.6) is 17.2 Å². The van der Waals surface area contributed by atoms with E-state index in [0.717, 1.165) is 11.3 Å². The lowest BCUT2D eigenvalue weighted by Crippen LogP contribution is -2.25. The predicted octanol–water partition coefficient (Wildman–Crippen LogP) is 1.33. The van der Waals surface area contributed by atoms with E-state index in [4.69, 9.17) is 14.2 Å². The molecule has 0 saturated heterocycles. The number of carbonyl (C=O) groups is 1. The molecule has 0 bridgehead atoms. The van der Waals surface area contributed by atoms with Crippen molar-refractivity contribution < 1.29 is 19.0 Å². The van der Waals surface area contributed by atoms with Crippen LogP contribution in [0.15, 0.2) is 17.2 Å². The number of hydrazone groups is 1. The summed E-state index contributed by atoms with van der Waals surface area (Å²) >= 11 is 0. The number of hydrogen-bond donors (Lipinski definition) is 1. The second-order valence-corrected chi connectivity index (χ2v) is 4.01. The van der Waals surface area contributed by atoms with Gasteiger partial charge >= 0.3 is 0 Å². The molecular formula is C13H16N2O4. The standard InChI is InChI=1S/C13H16N2O4/c1-17-10-6-8(7-11(18-2)13(10)19-3)9-4-5-12(16)15-14-9/h6-7H,4-5H2,1-3H3,(H,15,16). The summed E-state index contributed by atoms with van der Waals surface area (Å²) in [5.74, 6) is 1.60. The van der Waals surface area contributed by atoms with Gasteiger partial charge in [0.1, 0.15) is 0 Å². The third kappa shape index (κ3) is 2.62. The second kappa shape index (κ2) is 5.60. The van der Waals surface area contributed by atoms with Crippen LogP contribution in [-0.4, -0.2) is 32.9 Å². The van der Waals surface area contributed by atoms with Crippen LogP contribution in [-0.2, 0) is 4.79 Å². The van der Waals surface area contributed by atoms with Crippen molar-refractivity contribution in [1.29, 1.82) is 0 Å². The Labute approximate surface area is 111 Å². The molecule has 1 heterocycles. The van der Waals surface area contributed by atoms with Crippen molar-refractivity contribution in [2.45, 2.75) is 12.8 Å². The lowest BCUT2D eigenvalue weighted by Gasteiger charge is -2.16. The number of hydrogen-bond acceptors (Lipinski definition) is 5. The SMILES string of the molecule is COc1cc(C2=NNC(=O)CC2)cc(OC)c1OC. The minimum Gasteiger partial charge on any atom is -0.493 e. The Balaban J connectivity index is 2.44. The highest BCUT2D eigenvalue weighted by atomic mass is 16.5. The summed E-state index contributed by atoms with van der Waals surface area (Å²) < 4.78 is 15.8. The molecule has 1 aromatic rings. The van der Waals surface area contributed by atoms with Crippen molar-refractivity contribution in [1.82, 2.24) is 5.43 Å². The molecule has 1 aliphatic rings. The number of nitrogens with one attached hydrogen (secondary N) is 1. The Bertz CT molecular complexity index is 500. The zero-order valence-corrected chi connectivity index (χ0v) is 11.1. The molecule has 0 radical (unpaired) electrons. The summed E-state index contributed by atoms with van der Waals surface area (Å²) in [5, 5.41) is 4.05. The van der Waals surface area contributed by atoms with Crippen LogP contribution in [0.2, 0.25) is 0 Å². The van der Waals surface area contributed by atoms with Gasteiger partial charge in [-0.05, 0) is 12.1 Å². The van der Waals surface area contributed by atoms with Crippen molar-refractivity contribution in [2.75, 3.05) is 21.3 Å². The molecule has 0 spiro atoms. The maximum atomic E-state index is 11.1. The van der Waals surface area contributed by atoms with E-state index >= 15 is 0 Å². The molecule has 102 valence electrons. The summed E-state index contributed by atoms with van der Waals surface area (Å²) in [5.41, 5.74) is 4.10. The molecule has 6 heteroatoms. The molecule has 0 aliphatic carbocycles. The fraction of sp³-hybridized carbons (Fsp3) is 0.385. The average molecular weight is 264 g/mol. The van der Waals surface area contributed by atoms with E-state index in [9.17, 15) is 4.79 Å². The fourth-order valence-corrected chi connectivity index (χ4v) is 1.93. The molecule has 0 unspecified atom stereocenters. The van der Waals surface area contributed by atoms with E-state index in [1.807, 2.05) is 12.1 Å². The Morgan fingerprint density at radius 3 is 2.11 bits per heavy atom. The van der Waals surface area contributed by atoms with E-state index in [2.05, 4.69) is 10.5 Å². The molecular weight excluding hydrogens is 248 g/mol. The molecule has 6 nitrogen and oxygen atoms in total. The highest BCUT2D eigenvalue weighted by Crippen LogP contribution is 2.38. The molecule has 0 atom stereocenters. The highest BCUT2D eigenvalue weighted by Gasteiger charge is 2.18. The third-order valence-electron chi connectivity index (χ3n) is 2.90. The van der Waals surface area contributed by atoms with Crippen LogP contribution < -0.4 is 19.6 Å². The van der Waals surface area contributed by atoms with Crippen LogP contribution in [0.4, 0.5) is 0 Å². The van der Waals surface area contributed by atoms with Crippen LogP contribution in [0.1, 0.15) is 18.4 Å². The average Bonchev–Trinajstić information content (AvgIpc) is 2.46. The van der Waals surface area contributed by atoms with Crippen molar-refractivity contribution in [3.8, 4) is 17.2 Å². The summed E-state index contributed by atoms with van der Waals surface area (Å²) in [4.78, 5) is 11.1. The zero-order chi connectivity index (χ0) is 13.8. The lowest BCUT2D eigenvalue weighted by atomic mass is 10.0. The first-order valence-electron chi connectivity index (χ1n) is 5.85. The van der Waals surface area contributed by atoms with E-state index < -0.39 is 0 Å². The number of carbonyl (C=O) groups excluding carboxylic acids is 1. The Kier molecular flexibility index (Phi) is 3.89. The monoisotopic (exact) mass is 264 g/mol. The Morgan fingerprint density at radius 1 is 1.05 bits per heavy atom. The van der Waals surface area contributed by atoms with Crippen molar-refractivity contribution >= 4 is 11.6 Å². The number of methoxy groups -OCH3 is 3. The quantitative estimate of drug-likeness (QED) is 0.890. The normalized spacial score (nSPS) is 14.5. The summed E-state index contributed by atoms with van der Waals surface area (Å²) in [6.07, 6.45) is 1.01. The number of amides is 1. The van der Waals surface area contributed by atoms with Gasteiger partial charge < -0.3 is 14.2 Å². The van der Waals surface area contributed by atoms with Gasteiger partial charge in [-0.2, -0.15) is 5.10 Å². The van der Waals surface area contributed by atoms with Gasteiger partial charge in [0, 0.05) is 18.4 Å². The molecule has 2 rings (SSSR count). The van der Waals surface area contributed by atoms with Gasteiger partial charge in [-0.1, -0.05) is 0 Å². The summed E-state index contributed by atoms with van der Waals surface area (Å²) in [7, 11) is 4.68. The first kappa shape index (κ1) is 13.2. The maximum Gasteiger partial charge on any atom is 0.240 e. The van der Waals surface area contributed by atoms with Gasteiger partial charge in [0.15, 0.2) is 11.5 Å². The molecule has 1 aliphatic heterocycles. The van der Waals surface area contributed by atoms with Gasteiger partial charge in [-0.15, -0.1) is 0 Å². The van der Waals surface area contributed by atoms with Crippen LogP contribution in [0.25, 0.3) is 0 Å². The molecule has 0 saturated carbocycles. The van der Waals surface area contributed by atoms with Crippen molar-refractivity contribution in [2.24, 2.45) is 5.10 Å². The molecule has 0 fully saturated rings. The first-order valence-corrected chi connectivity index (χ1v) is 5.85. The van der Waals surface area contributed by atoms with Gasteiger partial charge in [0.2, 0.25) is 11.7 Å². The molecule has 19 heavy (non-hydrogen) atoms. The van der Waals surface area contributed by atoms with E-state index in [1.54, 1.807) is 21.3 Å². The van der Waals surface area contributed by atoms with Crippen molar-refractivity contribution in [3.63, 3.8) is 0 Å². The van der Waals surface area contributed by atoms with Crippen LogP contribution in [0.3, 0.4) is 0 Å². The maximum absolute atomic E-state index is 11.1. The number of ether oxygens (including phenoxy) is 3. The molecule has 1 aromatic carbocycles. The Hall–Kier alpha value is -2.24. The van der Waals surface area contributed by atoms with Crippen molar-refractivity contribution in [3.05, 3.63) is 17.7 Å². The topological polar surface area (TPSA) is 69.2 Å². The highest BCUT2D eigenvalue weighted by molar-refractivity contribution is 6.04. The van der Waals surface area contributed by atoms with Crippen LogP contribution >= 0.6 is 0 Å². The van der Waals surface area contributed by atoms with E-state index in [-0.39, 0.29) is 5.91 Å². The minimum atomic E-state index is -0.0730. The van der Waals surface area contributed by atoms with Gasteiger partial charge in [-0.25, -0.2) is 5.43 Å². The van der Waals surface area contributed by atoms with Gasteiger partial charge in [0.25, 0.3) is 0 Å². The zero-order valence-electron chi connectivity index (χ0n) is 11.1. The predicted molar refractivity (Wildman–Crippen MR) is 70.0 cm³/mol. The molecule has 1 amide bonds. The summed E-state index contributed by atoms with van der Waals surface area (Å²) in [6, 6.07) is 3.63. The fourth-order valence-electron chi connectivity index (χ4n) is 1.93. The molecule has 0 aromatic heterocycles. The smallest absolute Gasteiger partial charge is 0.240 e. The number of benzene rings is 1. The number of rotatable bonds is 4. The molecule has 1 N–H and O–H groups in total. The van der Waals surface area contributed by atoms with E-state index in [0.29, 0.717) is 30.1 Å². The lowest BCUT2D eigenvalue weighted by molar-refractivity contribution is -0.121. The second-order valence-electron chi connectivity index (χ2n) is 4.01. The largest absolute Gasteiger partial charge is 0.493 e. The van der Waals surface area contributed by atoms with Crippen LogP contribution in [0, 0.1) is 0 Å². The van der Waals surface area contributed by atoms with Gasteiger partial charge in [-0.3, -0.25) is 4.79 Å². The number of nitrogens with zero attached hydrogens (tertiary/aromatic N) is 1. The van der Waals surface area contributed by atoms with Gasteiger partial charge in [0.05, 0.1) is 27.0 Å². The van der Waals surface area contributed by atoms with E-state index in [1.165, 1.54) is 0 Å².